The smallest absolute Gasteiger partial charge is 0.404 e. The summed E-state index contributed by atoms with van der Waals surface area (Å²) in [5, 5.41) is 13.6. The molecule has 0 bridgehead atoms. The number of hydrogen-bond donors (Lipinski definition) is 3. The molecule has 0 saturated carbocycles. The van der Waals surface area contributed by atoms with Gasteiger partial charge in [-0.05, 0) is 74.6 Å². The minimum atomic E-state index is -1.08. The van der Waals surface area contributed by atoms with E-state index in [1.54, 1.807) is 12.1 Å². The molecule has 0 spiro atoms. The van der Waals surface area contributed by atoms with Gasteiger partial charge < -0.3 is 24.8 Å². The van der Waals surface area contributed by atoms with Crippen LogP contribution in [0.2, 0.25) is 5.02 Å². The first-order valence-electron chi connectivity index (χ1n) is 13.5. The molecule has 1 aromatic rings. The van der Waals surface area contributed by atoms with Gasteiger partial charge in [0.1, 0.15) is 0 Å². The minimum absolute atomic E-state index is 0.0153. The van der Waals surface area contributed by atoms with Crippen molar-refractivity contribution in [3.63, 3.8) is 0 Å². The molecule has 2 saturated heterocycles. The maximum atomic E-state index is 13.5. The van der Waals surface area contributed by atoms with Crippen molar-refractivity contribution in [1.82, 2.24) is 20.7 Å². The second kappa shape index (κ2) is 15.4. The Morgan fingerprint density at radius 1 is 1.30 bits per heavy atom. The molecule has 208 valence electrons. The van der Waals surface area contributed by atoms with Crippen molar-refractivity contribution in [2.75, 3.05) is 53.0 Å². The molecule has 10 heteroatoms. The van der Waals surface area contributed by atoms with Crippen LogP contribution in [0.15, 0.2) is 18.2 Å². The van der Waals surface area contributed by atoms with Crippen LogP contribution in [0, 0.1) is 18.8 Å². The van der Waals surface area contributed by atoms with Crippen molar-refractivity contribution in [3.8, 4) is 0 Å². The lowest BCUT2D eigenvalue weighted by molar-refractivity contribution is -0.0117. The highest BCUT2D eigenvalue weighted by Crippen LogP contribution is 2.36. The predicted octanol–water partition coefficient (Wildman–Crippen LogP) is 4.84. The van der Waals surface area contributed by atoms with E-state index < -0.39 is 6.09 Å². The summed E-state index contributed by atoms with van der Waals surface area (Å²) >= 11 is 6.32. The number of nitrogens with zero attached hydrogens (tertiary/aromatic N) is 2. The number of nitrogens with one attached hydrogen (secondary N) is 2. The molecule has 2 fully saturated rings. The van der Waals surface area contributed by atoms with Crippen LogP contribution in [0.4, 0.5) is 9.59 Å². The lowest BCUT2D eigenvalue weighted by atomic mass is 9.86. The molecular formula is C27H43ClN4O5. The molecule has 3 amide bonds. The van der Waals surface area contributed by atoms with Crippen molar-refractivity contribution in [2.45, 2.75) is 58.0 Å². The Bertz CT molecular complexity index is 865. The summed E-state index contributed by atoms with van der Waals surface area (Å²) in [6.07, 6.45) is 5.97. The van der Waals surface area contributed by atoms with E-state index in [9.17, 15) is 9.59 Å². The van der Waals surface area contributed by atoms with Gasteiger partial charge in [-0.25, -0.2) is 15.0 Å². The zero-order valence-electron chi connectivity index (χ0n) is 22.2. The van der Waals surface area contributed by atoms with Gasteiger partial charge in [0.15, 0.2) is 0 Å². The fourth-order valence-electron chi connectivity index (χ4n) is 5.38. The first-order chi connectivity index (χ1) is 17.9. The SMILES string of the molecule is CNN(CCCC1CCCCOC1)C(=O)N1CCCC(C(OCCNC(=O)O)c2cc(Cl)ccc2C)C1. The number of benzene rings is 1. The number of amides is 3. The van der Waals surface area contributed by atoms with Gasteiger partial charge in [-0.2, -0.15) is 0 Å². The van der Waals surface area contributed by atoms with Gasteiger partial charge in [0.2, 0.25) is 0 Å². The maximum Gasteiger partial charge on any atom is 0.404 e. The highest BCUT2D eigenvalue weighted by Gasteiger charge is 2.33. The maximum absolute atomic E-state index is 13.5. The summed E-state index contributed by atoms with van der Waals surface area (Å²) in [6, 6.07) is 5.73. The van der Waals surface area contributed by atoms with Crippen molar-refractivity contribution < 1.29 is 24.2 Å². The number of piperidine rings is 1. The summed E-state index contributed by atoms with van der Waals surface area (Å²) in [5.74, 6) is 0.645. The number of likely N-dealkylation sites (tertiary alicyclic amines) is 1. The third kappa shape index (κ3) is 9.32. The third-order valence-electron chi connectivity index (χ3n) is 7.38. The van der Waals surface area contributed by atoms with Gasteiger partial charge in [-0.1, -0.05) is 24.1 Å². The largest absolute Gasteiger partial charge is 0.465 e. The van der Waals surface area contributed by atoms with E-state index in [0.717, 1.165) is 56.4 Å². The first kappa shape index (κ1) is 29.5. The van der Waals surface area contributed by atoms with Crippen LogP contribution < -0.4 is 10.7 Å². The van der Waals surface area contributed by atoms with Gasteiger partial charge in [-0.15, -0.1) is 0 Å². The Morgan fingerprint density at radius 2 is 2.14 bits per heavy atom. The molecule has 2 heterocycles. The number of carboxylic acid groups (broad SMARTS) is 1. The number of hydrogen-bond acceptors (Lipinski definition) is 5. The Labute approximate surface area is 225 Å². The van der Waals surface area contributed by atoms with E-state index in [2.05, 4.69) is 10.7 Å². The second-order valence-corrected chi connectivity index (χ2v) is 10.5. The summed E-state index contributed by atoms with van der Waals surface area (Å²) in [4.78, 5) is 26.2. The minimum Gasteiger partial charge on any atom is -0.465 e. The fourth-order valence-corrected chi connectivity index (χ4v) is 5.56. The molecule has 37 heavy (non-hydrogen) atoms. The number of hydrazine groups is 1. The van der Waals surface area contributed by atoms with E-state index in [1.807, 2.05) is 30.0 Å². The van der Waals surface area contributed by atoms with Crippen LogP contribution in [0.1, 0.15) is 62.2 Å². The van der Waals surface area contributed by atoms with Crippen molar-refractivity contribution >= 4 is 23.7 Å². The van der Waals surface area contributed by atoms with Crippen LogP contribution in [0.5, 0.6) is 0 Å². The van der Waals surface area contributed by atoms with Crippen LogP contribution in [0.3, 0.4) is 0 Å². The summed E-state index contributed by atoms with van der Waals surface area (Å²) in [6.45, 7) is 6.06. The van der Waals surface area contributed by atoms with E-state index in [-0.39, 0.29) is 31.2 Å². The zero-order valence-corrected chi connectivity index (χ0v) is 23.0. The predicted molar refractivity (Wildman–Crippen MR) is 144 cm³/mol. The molecule has 3 rings (SSSR count). The first-order valence-corrected chi connectivity index (χ1v) is 13.9. The molecule has 3 unspecified atom stereocenters. The van der Waals surface area contributed by atoms with Gasteiger partial charge in [0.05, 0.1) is 12.7 Å². The van der Waals surface area contributed by atoms with Gasteiger partial charge in [0, 0.05) is 57.4 Å². The van der Waals surface area contributed by atoms with E-state index >= 15 is 0 Å². The lowest BCUT2D eigenvalue weighted by Crippen LogP contribution is -2.52. The summed E-state index contributed by atoms with van der Waals surface area (Å²) in [5.41, 5.74) is 5.14. The molecule has 2 aliphatic heterocycles. The number of carbonyl (C=O) groups is 2. The van der Waals surface area contributed by atoms with Gasteiger partial charge in [0.25, 0.3) is 0 Å². The molecule has 0 aromatic heterocycles. The highest BCUT2D eigenvalue weighted by atomic mass is 35.5. The summed E-state index contributed by atoms with van der Waals surface area (Å²) < 4.78 is 12.0. The van der Waals surface area contributed by atoms with Crippen LogP contribution in [-0.2, 0) is 9.47 Å². The number of carbonyl (C=O) groups excluding carboxylic acids is 1. The van der Waals surface area contributed by atoms with Crippen LogP contribution >= 0.6 is 11.6 Å². The lowest BCUT2D eigenvalue weighted by Gasteiger charge is -2.39. The molecular weight excluding hydrogens is 496 g/mol. The summed E-state index contributed by atoms with van der Waals surface area (Å²) in [7, 11) is 1.80. The van der Waals surface area contributed by atoms with Crippen LogP contribution in [-0.4, -0.2) is 80.2 Å². The fraction of sp³-hybridized carbons (Fsp3) is 0.704. The molecule has 9 nitrogen and oxygen atoms in total. The Kier molecular flexibility index (Phi) is 12.2. The third-order valence-corrected chi connectivity index (χ3v) is 7.61. The molecule has 0 radical (unpaired) electrons. The molecule has 2 aliphatic rings. The van der Waals surface area contributed by atoms with Gasteiger partial charge in [-0.3, -0.25) is 5.01 Å². The zero-order chi connectivity index (χ0) is 26.6. The Hall–Kier alpha value is -2.07. The molecule has 1 aromatic carbocycles. The van der Waals surface area contributed by atoms with Crippen molar-refractivity contribution in [1.29, 1.82) is 0 Å². The van der Waals surface area contributed by atoms with Crippen molar-refractivity contribution in [2.24, 2.45) is 11.8 Å². The Morgan fingerprint density at radius 3 is 2.92 bits per heavy atom. The Balaban J connectivity index is 1.62. The number of halogens is 1. The number of rotatable bonds is 11. The second-order valence-electron chi connectivity index (χ2n) is 10.1. The normalized spacial score (nSPS) is 21.2. The average Bonchev–Trinajstić information content (AvgIpc) is 3.17. The molecule has 3 atom stereocenters. The topological polar surface area (TPSA) is 103 Å². The van der Waals surface area contributed by atoms with E-state index in [0.29, 0.717) is 30.6 Å². The van der Waals surface area contributed by atoms with Gasteiger partial charge >= 0.3 is 12.1 Å². The van der Waals surface area contributed by atoms with Crippen molar-refractivity contribution in [3.05, 3.63) is 34.3 Å². The standard InChI is InChI=1S/C27H43ClN4O5/c1-20-10-11-23(28)17-24(20)25(37-16-12-30-26(33)34)22-9-6-13-31(18-22)27(35)32(29-2)14-5-8-21-7-3-4-15-36-19-21/h10-11,17,21-22,25,29-30H,3-9,12-16,18-19H2,1-2H3,(H,33,34). The number of urea groups is 1. The van der Waals surface area contributed by atoms with Crippen LogP contribution in [0.25, 0.3) is 0 Å². The van der Waals surface area contributed by atoms with E-state index in [4.69, 9.17) is 26.2 Å². The average molecular weight is 539 g/mol. The quantitative estimate of drug-likeness (QED) is 0.275. The van der Waals surface area contributed by atoms with E-state index in [1.165, 1.54) is 12.8 Å². The highest BCUT2D eigenvalue weighted by molar-refractivity contribution is 6.30. The number of ether oxygens (including phenoxy) is 2. The number of aryl methyl sites for hydroxylation is 1. The monoisotopic (exact) mass is 538 g/mol. The molecule has 0 aliphatic carbocycles. The molecule has 3 N–H and O–H groups in total.